The number of rotatable bonds is 7. The van der Waals surface area contributed by atoms with Crippen molar-refractivity contribution in [3.8, 4) is 11.5 Å². The van der Waals surface area contributed by atoms with E-state index in [-0.39, 0.29) is 25.7 Å². The molecule has 0 atom stereocenters. The number of amides is 1. The zero-order chi connectivity index (χ0) is 15.8. The Morgan fingerprint density at radius 1 is 1.09 bits per heavy atom. The highest BCUT2D eigenvalue weighted by molar-refractivity contribution is 14.1. The fourth-order valence-electron chi connectivity index (χ4n) is 1.75. The van der Waals surface area contributed by atoms with Gasteiger partial charge >= 0.3 is 0 Å². The van der Waals surface area contributed by atoms with Crippen LogP contribution in [0.5, 0.6) is 11.5 Å². The largest absolute Gasteiger partial charge is 0.487 e. The van der Waals surface area contributed by atoms with E-state index in [1.165, 1.54) is 0 Å². The predicted molar refractivity (Wildman–Crippen MR) is 92.3 cm³/mol. The standard InChI is InChI=1S/C16H16INO4/c17-12-4-3-5-13(10-12)18-16(20)11-22-15-7-2-1-6-14(15)21-9-8-19/h1-7,10,19H,8-9,11H2,(H,18,20). The molecule has 2 aromatic carbocycles. The summed E-state index contributed by atoms with van der Waals surface area (Å²) in [5.74, 6) is 0.714. The number of hydrogen-bond acceptors (Lipinski definition) is 4. The molecule has 0 unspecified atom stereocenters. The summed E-state index contributed by atoms with van der Waals surface area (Å²) in [4.78, 5) is 11.9. The first-order chi connectivity index (χ1) is 10.7. The number of ether oxygens (including phenoxy) is 2. The van der Waals surface area contributed by atoms with Crippen molar-refractivity contribution in [3.05, 3.63) is 52.1 Å². The van der Waals surface area contributed by atoms with Crippen molar-refractivity contribution in [2.24, 2.45) is 0 Å². The van der Waals surface area contributed by atoms with E-state index in [1.807, 2.05) is 24.3 Å². The third kappa shape index (κ3) is 5.19. The number of aliphatic hydroxyl groups is 1. The van der Waals surface area contributed by atoms with Gasteiger partial charge in [-0.05, 0) is 52.9 Å². The Morgan fingerprint density at radius 3 is 2.50 bits per heavy atom. The summed E-state index contributed by atoms with van der Waals surface area (Å²) >= 11 is 2.18. The molecule has 6 heteroatoms. The number of carbonyl (C=O) groups is 1. The lowest BCUT2D eigenvalue weighted by atomic mass is 10.3. The summed E-state index contributed by atoms with van der Waals surface area (Å²) in [6, 6.07) is 14.5. The number of benzene rings is 2. The van der Waals surface area contributed by atoms with Crippen molar-refractivity contribution in [1.82, 2.24) is 0 Å². The molecule has 0 radical (unpaired) electrons. The molecule has 0 aliphatic carbocycles. The van der Waals surface area contributed by atoms with E-state index in [2.05, 4.69) is 27.9 Å². The monoisotopic (exact) mass is 413 g/mol. The maximum Gasteiger partial charge on any atom is 0.262 e. The molecule has 0 saturated carbocycles. The van der Waals surface area contributed by atoms with Gasteiger partial charge in [-0.1, -0.05) is 18.2 Å². The van der Waals surface area contributed by atoms with Crippen LogP contribution in [0.3, 0.4) is 0 Å². The molecule has 0 aromatic heterocycles. The van der Waals surface area contributed by atoms with E-state index in [1.54, 1.807) is 24.3 Å². The number of anilines is 1. The second-order valence-electron chi connectivity index (χ2n) is 4.37. The van der Waals surface area contributed by atoms with Gasteiger partial charge in [-0.2, -0.15) is 0 Å². The van der Waals surface area contributed by atoms with Gasteiger partial charge in [0.1, 0.15) is 6.61 Å². The van der Waals surface area contributed by atoms with E-state index in [0.29, 0.717) is 11.5 Å². The van der Waals surface area contributed by atoms with Crippen molar-refractivity contribution in [3.63, 3.8) is 0 Å². The van der Waals surface area contributed by atoms with Crippen molar-refractivity contribution < 1.29 is 19.4 Å². The lowest BCUT2D eigenvalue weighted by Crippen LogP contribution is -2.20. The van der Waals surface area contributed by atoms with Gasteiger partial charge in [-0.15, -0.1) is 0 Å². The van der Waals surface area contributed by atoms with Crippen molar-refractivity contribution in [2.45, 2.75) is 0 Å². The Morgan fingerprint density at radius 2 is 1.82 bits per heavy atom. The van der Waals surface area contributed by atoms with Gasteiger partial charge in [0.2, 0.25) is 0 Å². The number of aliphatic hydroxyl groups excluding tert-OH is 1. The molecule has 0 saturated heterocycles. The molecule has 5 nitrogen and oxygen atoms in total. The summed E-state index contributed by atoms with van der Waals surface area (Å²) in [6.45, 7) is -0.0263. The van der Waals surface area contributed by atoms with Crippen LogP contribution in [0.1, 0.15) is 0 Å². The zero-order valence-electron chi connectivity index (χ0n) is 11.8. The molecule has 116 valence electrons. The van der Waals surface area contributed by atoms with Crippen LogP contribution >= 0.6 is 22.6 Å². The lowest BCUT2D eigenvalue weighted by molar-refractivity contribution is -0.118. The van der Waals surface area contributed by atoms with Crippen LogP contribution in [0.2, 0.25) is 0 Å². The fraction of sp³-hybridized carbons (Fsp3) is 0.188. The van der Waals surface area contributed by atoms with E-state index in [0.717, 1.165) is 9.26 Å². The van der Waals surface area contributed by atoms with Gasteiger partial charge in [-0.25, -0.2) is 0 Å². The molecule has 1 amide bonds. The average molecular weight is 413 g/mol. The normalized spacial score (nSPS) is 10.1. The molecule has 2 rings (SSSR count). The smallest absolute Gasteiger partial charge is 0.262 e. The molecule has 0 bridgehead atoms. The predicted octanol–water partition coefficient (Wildman–Crippen LogP) is 2.68. The van der Waals surface area contributed by atoms with Crippen LogP contribution in [-0.2, 0) is 4.79 Å². The van der Waals surface area contributed by atoms with Crippen LogP contribution in [-0.4, -0.2) is 30.8 Å². The molecule has 22 heavy (non-hydrogen) atoms. The van der Waals surface area contributed by atoms with Gasteiger partial charge in [0.05, 0.1) is 6.61 Å². The second-order valence-corrected chi connectivity index (χ2v) is 5.61. The maximum atomic E-state index is 11.9. The lowest BCUT2D eigenvalue weighted by Gasteiger charge is -2.12. The van der Waals surface area contributed by atoms with E-state index >= 15 is 0 Å². The summed E-state index contributed by atoms with van der Waals surface area (Å²) in [5.41, 5.74) is 0.727. The van der Waals surface area contributed by atoms with Crippen LogP contribution < -0.4 is 14.8 Å². The molecular formula is C16H16INO4. The molecule has 0 aliphatic rings. The number of carbonyl (C=O) groups excluding carboxylic acids is 1. The molecule has 2 aromatic rings. The quantitative estimate of drug-likeness (QED) is 0.686. The van der Waals surface area contributed by atoms with Crippen LogP contribution in [0, 0.1) is 3.57 Å². The maximum absolute atomic E-state index is 11.9. The molecular weight excluding hydrogens is 397 g/mol. The minimum Gasteiger partial charge on any atom is -0.487 e. The van der Waals surface area contributed by atoms with Crippen molar-refractivity contribution >= 4 is 34.2 Å². The third-order valence-corrected chi connectivity index (χ3v) is 3.34. The highest BCUT2D eigenvalue weighted by Gasteiger charge is 2.08. The molecule has 0 spiro atoms. The summed E-state index contributed by atoms with van der Waals surface area (Å²) in [5, 5.41) is 11.6. The SMILES string of the molecule is O=C(COc1ccccc1OCCO)Nc1cccc(I)c1. The Kier molecular flexibility index (Phi) is 6.47. The minimum atomic E-state index is -0.251. The molecule has 2 N–H and O–H groups in total. The van der Waals surface area contributed by atoms with Crippen LogP contribution in [0.4, 0.5) is 5.69 Å². The Labute approximate surface area is 142 Å². The molecule has 0 aliphatic heterocycles. The fourth-order valence-corrected chi connectivity index (χ4v) is 2.29. The Balaban J connectivity index is 1.91. The second kappa shape index (κ2) is 8.60. The van der Waals surface area contributed by atoms with Gasteiger partial charge in [-0.3, -0.25) is 4.79 Å². The van der Waals surface area contributed by atoms with Crippen molar-refractivity contribution in [2.75, 3.05) is 25.1 Å². The third-order valence-electron chi connectivity index (χ3n) is 2.67. The van der Waals surface area contributed by atoms with Gasteiger partial charge in [0.25, 0.3) is 5.91 Å². The van der Waals surface area contributed by atoms with E-state index in [9.17, 15) is 4.79 Å². The highest BCUT2D eigenvalue weighted by atomic mass is 127. The number of hydrogen-bond donors (Lipinski definition) is 2. The molecule has 0 heterocycles. The van der Waals surface area contributed by atoms with Crippen molar-refractivity contribution in [1.29, 1.82) is 0 Å². The van der Waals surface area contributed by atoms with Crippen LogP contribution in [0.25, 0.3) is 0 Å². The first-order valence-corrected chi connectivity index (χ1v) is 7.78. The summed E-state index contributed by atoms with van der Waals surface area (Å²) in [7, 11) is 0. The van der Waals surface area contributed by atoms with Gasteiger partial charge in [0, 0.05) is 9.26 Å². The zero-order valence-corrected chi connectivity index (χ0v) is 13.9. The highest BCUT2D eigenvalue weighted by Crippen LogP contribution is 2.26. The van der Waals surface area contributed by atoms with Crippen LogP contribution in [0.15, 0.2) is 48.5 Å². The summed E-state index contributed by atoms with van der Waals surface area (Å²) < 4.78 is 11.9. The first kappa shape index (κ1) is 16.6. The van der Waals surface area contributed by atoms with E-state index in [4.69, 9.17) is 14.6 Å². The first-order valence-electron chi connectivity index (χ1n) is 6.70. The summed E-state index contributed by atoms with van der Waals surface area (Å²) in [6.07, 6.45) is 0. The number of halogens is 1. The van der Waals surface area contributed by atoms with Gasteiger partial charge < -0.3 is 19.9 Å². The molecule has 0 fully saturated rings. The number of nitrogens with one attached hydrogen (secondary N) is 1. The van der Waals surface area contributed by atoms with E-state index < -0.39 is 0 Å². The number of para-hydroxylation sites is 2. The van der Waals surface area contributed by atoms with Gasteiger partial charge in [0.15, 0.2) is 18.1 Å². The Hall–Kier alpha value is -1.80. The Bertz CT molecular complexity index is 633. The topological polar surface area (TPSA) is 67.8 Å². The average Bonchev–Trinajstić information content (AvgIpc) is 2.51. The minimum absolute atomic E-state index is 0.0819.